The lowest BCUT2D eigenvalue weighted by atomic mass is 10.0. The van der Waals surface area contributed by atoms with Crippen LogP contribution in [0.5, 0.6) is 0 Å². The first-order valence-electron chi connectivity index (χ1n) is 8.96. The van der Waals surface area contributed by atoms with Gasteiger partial charge in [0, 0.05) is 36.8 Å². The van der Waals surface area contributed by atoms with E-state index < -0.39 is 4.92 Å². The fourth-order valence-corrected chi connectivity index (χ4v) is 3.32. The Morgan fingerprint density at radius 3 is 2.56 bits per heavy atom. The molecule has 0 aromatic heterocycles. The van der Waals surface area contributed by atoms with Crippen LogP contribution in [-0.2, 0) is 4.74 Å². The quantitative estimate of drug-likeness (QED) is 0.625. The van der Waals surface area contributed by atoms with Crippen LogP contribution in [0.4, 0.5) is 5.69 Å². The Morgan fingerprint density at radius 1 is 1.22 bits per heavy atom. The predicted molar refractivity (Wildman–Crippen MR) is 102 cm³/mol. The lowest BCUT2D eigenvalue weighted by Crippen LogP contribution is -2.43. The largest absolute Gasteiger partial charge is 0.379 e. The van der Waals surface area contributed by atoms with E-state index in [1.807, 2.05) is 18.2 Å². The molecular weight excluding hydrogens is 346 g/mol. The molecule has 7 heteroatoms. The molecule has 1 aliphatic heterocycles. The van der Waals surface area contributed by atoms with Crippen LogP contribution in [0.1, 0.15) is 27.5 Å². The number of ether oxygens (including phenoxy) is 1. The Morgan fingerprint density at radius 2 is 1.93 bits per heavy atom. The number of hydrogen-bond donors (Lipinski definition) is 1. The maximum atomic E-state index is 12.6. The molecule has 0 unspecified atom stereocenters. The van der Waals surface area contributed by atoms with Gasteiger partial charge in [0.2, 0.25) is 0 Å². The zero-order valence-electron chi connectivity index (χ0n) is 15.3. The van der Waals surface area contributed by atoms with Crippen LogP contribution >= 0.6 is 0 Å². The molecule has 7 nitrogen and oxygen atoms in total. The Kier molecular flexibility index (Phi) is 6.16. The summed E-state index contributed by atoms with van der Waals surface area (Å²) in [5, 5.41) is 13.9. The van der Waals surface area contributed by atoms with Gasteiger partial charge in [-0.25, -0.2) is 0 Å². The Labute approximate surface area is 158 Å². The molecule has 1 aliphatic rings. The van der Waals surface area contributed by atoms with Gasteiger partial charge in [-0.05, 0) is 24.6 Å². The van der Waals surface area contributed by atoms with Crippen LogP contribution in [0.25, 0.3) is 0 Å². The van der Waals surface area contributed by atoms with Crippen LogP contribution < -0.4 is 5.32 Å². The van der Waals surface area contributed by atoms with E-state index in [2.05, 4.69) is 22.3 Å². The normalized spacial score (nSPS) is 15.9. The van der Waals surface area contributed by atoms with Gasteiger partial charge in [0.05, 0.1) is 24.2 Å². The highest BCUT2D eigenvalue weighted by Gasteiger charge is 2.23. The number of nitro benzene ring substituents is 1. The molecule has 3 rings (SSSR count). The zero-order chi connectivity index (χ0) is 19.2. The number of morpholine rings is 1. The number of benzene rings is 2. The number of nitrogens with zero attached hydrogens (tertiary/aromatic N) is 2. The van der Waals surface area contributed by atoms with E-state index in [-0.39, 0.29) is 17.6 Å². The van der Waals surface area contributed by atoms with Crippen molar-refractivity contribution in [3.8, 4) is 0 Å². The lowest BCUT2D eigenvalue weighted by Gasteiger charge is -2.35. The van der Waals surface area contributed by atoms with E-state index in [4.69, 9.17) is 4.74 Å². The zero-order valence-corrected chi connectivity index (χ0v) is 15.3. The third kappa shape index (κ3) is 4.69. The first-order valence-corrected chi connectivity index (χ1v) is 8.96. The SMILES string of the molecule is Cc1cc(C(=O)NC[C@@H](c2ccccc2)N2CCOCC2)ccc1[N+](=O)[O-]. The van der Waals surface area contributed by atoms with Gasteiger partial charge in [-0.3, -0.25) is 19.8 Å². The average Bonchev–Trinajstić information content (AvgIpc) is 2.69. The molecular formula is C20H23N3O4. The number of carbonyl (C=O) groups excluding carboxylic acids is 1. The van der Waals surface area contributed by atoms with Gasteiger partial charge in [0.15, 0.2) is 0 Å². The molecule has 1 amide bonds. The fraction of sp³-hybridized carbons (Fsp3) is 0.350. The molecule has 142 valence electrons. The molecule has 0 bridgehead atoms. The molecule has 1 fully saturated rings. The van der Waals surface area contributed by atoms with Gasteiger partial charge >= 0.3 is 0 Å². The molecule has 1 heterocycles. The highest BCUT2D eigenvalue weighted by molar-refractivity contribution is 5.94. The van der Waals surface area contributed by atoms with E-state index in [0.717, 1.165) is 18.7 Å². The molecule has 0 radical (unpaired) electrons. The molecule has 1 atom stereocenters. The standard InChI is InChI=1S/C20H23N3O4/c1-15-13-17(7-8-18(15)23(25)26)20(24)21-14-19(16-5-3-2-4-6-16)22-9-11-27-12-10-22/h2-8,13,19H,9-12,14H2,1H3,(H,21,24)/t19-/m0/s1. The summed E-state index contributed by atoms with van der Waals surface area (Å²) in [7, 11) is 0. The molecule has 0 saturated carbocycles. The summed E-state index contributed by atoms with van der Waals surface area (Å²) in [6.45, 7) is 5.07. The van der Waals surface area contributed by atoms with Crippen molar-refractivity contribution in [3.63, 3.8) is 0 Å². The molecule has 1 N–H and O–H groups in total. The van der Waals surface area contributed by atoms with Crippen LogP contribution in [0, 0.1) is 17.0 Å². The van der Waals surface area contributed by atoms with Gasteiger partial charge < -0.3 is 10.1 Å². The molecule has 2 aromatic carbocycles. The maximum Gasteiger partial charge on any atom is 0.272 e. The van der Waals surface area contributed by atoms with E-state index in [1.54, 1.807) is 13.0 Å². The van der Waals surface area contributed by atoms with Crippen molar-refractivity contribution in [1.82, 2.24) is 10.2 Å². The van der Waals surface area contributed by atoms with E-state index in [0.29, 0.717) is 30.9 Å². The average molecular weight is 369 g/mol. The minimum absolute atomic E-state index is 0.0158. The van der Waals surface area contributed by atoms with Crippen LogP contribution in [0.2, 0.25) is 0 Å². The smallest absolute Gasteiger partial charge is 0.272 e. The van der Waals surface area contributed by atoms with Gasteiger partial charge in [-0.1, -0.05) is 30.3 Å². The summed E-state index contributed by atoms with van der Waals surface area (Å²) >= 11 is 0. The van der Waals surface area contributed by atoms with Crippen molar-refractivity contribution in [3.05, 3.63) is 75.3 Å². The van der Waals surface area contributed by atoms with Crippen molar-refractivity contribution in [2.24, 2.45) is 0 Å². The minimum atomic E-state index is -0.444. The van der Waals surface area contributed by atoms with Crippen LogP contribution in [0.3, 0.4) is 0 Å². The van der Waals surface area contributed by atoms with Crippen molar-refractivity contribution < 1.29 is 14.5 Å². The number of carbonyl (C=O) groups is 1. The van der Waals surface area contributed by atoms with Gasteiger partial charge in [-0.15, -0.1) is 0 Å². The van der Waals surface area contributed by atoms with Crippen molar-refractivity contribution in [1.29, 1.82) is 0 Å². The first-order chi connectivity index (χ1) is 13.1. The molecule has 2 aromatic rings. The third-order valence-electron chi connectivity index (χ3n) is 4.78. The van der Waals surface area contributed by atoms with E-state index in [9.17, 15) is 14.9 Å². The predicted octanol–water partition coefficient (Wildman–Crippen LogP) is 2.71. The highest BCUT2D eigenvalue weighted by atomic mass is 16.6. The van der Waals surface area contributed by atoms with Crippen molar-refractivity contribution in [2.45, 2.75) is 13.0 Å². The lowest BCUT2D eigenvalue weighted by molar-refractivity contribution is -0.385. The first kappa shape index (κ1) is 19.0. The molecule has 0 spiro atoms. The van der Waals surface area contributed by atoms with E-state index >= 15 is 0 Å². The minimum Gasteiger partial charge on any atom is -0.379 e. The number of hydrogen-bond acceptors (Lipinski definition) is 5. The number of nitro groups is 1. The fourth-order valence-electron chi connectivity index (χ4n) is 3.32. The molecule has 1 saturated heterocycles. The summed E-state index contributed by atoms with van der Waals surface area (Å²) in [5.74, 6) is -0.234. The van der Waals surface area contributed by atoms with Crippen LogP contribution in [-0.4, -0.2) is 48.6 Å². The van der Waals surface area contributed by atoms with Gasteiger partial charge in [0.1, 0.15) is 0 Å². The molecule has 27 heavy (non-hydrogen) atoms. The maximum absolute atomic E-state index is 12.6. The van der Waals surface area contributed by atoms with Gasteiger partial charge in [0.25, 0.3) is 11.6 Å². The molecule has 0 aliphatic carbocycles. The van der Waals surface area contributed by atoms with E-state index in [1.165, 1.54) is 12.1 Å². The van der Waals surface area contributed by atoms with Crippen molar-refractivity contribution >= 4 is 11.6 Å². The summed E-state index contributed by atoms with van der Waals surface area (Å²) in [5.41, 5.74) is 2.05. The second kappa shape index (κ2) is 8.75. The monoisotopic (exact) mass is 369 g/mol. The summed E-state index contributed by atoms with van der Waals surface area (Å²) in [6.07, 6.45) is 0. The number of rotatable bonds is 6. The number of amides is 1. The summed E-state index contributed by atoms with van der Waals surface area (Å²) in [6, 6.07) is 14.5. The topological polar surface area (TPSA) is 84.7 Å². The van der Waals surface area contributed by atoms with Gasteiger partial charge in [-0.2, -0.15) is 0 Å². The van der Waals surface area contributed by atoms with Crippen molar-refractivity contribution in [2.75, 3.05) is 32.8 Å². The summed E-state index contributed by atoms with van der Waals surface area (Å²) < 4.78 is 5.44. The summed E-state index contributed by atoms with van der Waals surface area (Å²) in [4.78, 5) is 25.4. The number of nitrogens with one attached hydrogen (secondary N) is 1. The Hall–Kier alpha value is -2.77. The third-order valence-corrected chi connectivity index (χ3v) is 4.78. The highest BCUT2D eigenvalue weighted by Crippen LogP contribution is 2.22. The van der Waals surface area contributed by atoms with Crippen LogP contribution in [0.15, 0.2) is 48.5 Å². The Bertz CT molecular complexity index is 804. The number of aryl methyl sites for hydroxylation is 1. The second-order valence-electron chi connectivity index (χ2n) is 6.54. The Balaban J connectivity index is 1.72. The second-order valence-corrected chi connectivity index (χ2v) is 6.54.